The van der Waals surface area contributed by atoms with Gasteiger partial charge in [0.05, 0.1) is 10.6 Å². The van der Waals surface area contributed by atoms with Gasteiger partial charge >= 0.3 is 0 Å². The van der Waals surface area contributed by atoms with Crippen molar-refractivity contribution in [3.05, 3.63) is 70.8 Å². The number of hydrogen-bond donors (Lipinski definition) is 3. The fraction of sp³-hybridized carbons (Fsp3) is 0. The average Bonchev–Trinajstić information content (AvgIpc) is 2.72. The van der Waals surface area contributed by atoms with Crippen LogP contribution in [-0.2, 0) is 10.1 Å². The fourth-order valence-corrected chi connectivity index (χ4v) is 3.90. The van der Waals surface area contributed by atoms with E-state index >= 15 is 0 Å². The first-order valence-electron chi connectivity index (χ1n) is 8.70. The maximum Gasteiger partial charge on any atom is 0.295 e. The van der Waals surface area contributed by atoms with Gasteiger partial charge < -0.3 is 10.2 Å². The SMILES string of the molecule is O=[N+]([O-])c1ccc2c(N=Nc3ccc4cccc(O)c4c3)c(O)cc(S(=O)(=O)O)c2c1. The maximum absolute atomic E-state index is 11.7. The van der Waals surface area contributed by atoms with Crippen LogP contribution >= 0.6 is 0 Å². The van der Waals surface area contributed by atoms with Crippen LogP contribution in [-0.4, -0.2) is 28.1 Å². The van der Waals surface area contributed by atoms with Crippen molar-refractivity contribution in [1.29, 1.82) is 0 Å². The molecule has 0 fully saturated rings. The number of azo groups is 1. The number of nitro benzene ring substituents is 1. The van der Waals surface area contributed by atoms with E-state index in [9.17, 15) is 33.3 Å². The quantitative estimate of drug-likeness (QED) is 0.175. The molecule has 3 N–H and O–H groups in total. The molecule has 0 saturated carbocycles. The Kier molecular flexibility index (Phi) is 4.76. The van der Waals surface area contributed by atoms with Crippen molar-refractivity contribution in [2.24, 2.45) is 10.2 Å². The zero-order valence-corrected chi connectivity index (χ0v) is 16.3. The van der Waals surface area contributed by atoms with Crippen molar-refractivity contribution in [2.75, 3.05) is 0 Å². The number of phenolic OH excluding ortho intramolecular Hbond substituents is 2. The Morgan fingerprint density at radius 3 is 2.32 bits per heavy atom. The molecule has 0 aliphatic rings. The molecule has 0 atom stereocenters. The van der Waals surface area contributed by atoms with E-state index in [1.807, 2.05) is 0 Å². The highest BCUT2D eigenvalue weighted by molar-refractivity contribution is 7.86. The molecule has 31 heavy (non-hydrogen) atoms. The zero-order valence-electron chi connectivity index (χ0n) is 15.5. The van der Waals surface area contributed by atoms with Gasteiger partial charge in [-0.3, -0.25) is 14.7 Å². The zero-order chi connectivity index (χ0) is 22.3. The van der Waals surface area contributed by atoms with Gasteiger partial charge in [0.15, 0.2) is 0 Å². The van der Waals surface area contributed by atoms with Crippen LogP contribution in [0, 0.1) is 10.1 Å². The van der Waals surface area contributed by atoms with Crippen LogP contribution in [0.15, 0.2) is 75.8 Å². The van der Waals surface area contributed by atoms with Gasteiger partial charge in [-0.15, -0.1) is 5.11 Å². The topological polar surface area (TPSA) is 163 Å². The third kappa shape index (κ3) is 3.74. The summed E-state index contributed by atoms with van der Waals surface area (Å²) in [5.74, 6) is -0.547. The normalized spacial score (nSPS) is 12.0. The number of fused-ring (bicyclic) bond motifs is 2. The maximum atomic E-state index is 11.7. The number of nitrogens with zero attached hydrogens (tertiary/aromatic N) is 3. The molecule has 4 aromatic carbocycles. The second-order valence-corrected chi connectivity index (χ2v) is 7.98. The largest absolute Gasteiger partial charge is 0.507 e. The molecular formula is C20H13N3O7S. The highest BCUT2D eigenvalue weighted by Gasteiger charge is 2.22. The molecule has 156 valence electrons. The van der Waals surface area contributed by atoms with Crippen molar-refractivity contribution in [2.45, 2.75) is 4.90 Å². The van der Waals surface area contributed by atoms with Crippen LogP contribution in [0.3, 0.4) is 0 Å². The van der Waals surface area contributed by atoms with Crippen molar-refractivity contribution in [3.8, 4) is 11.5 Å². The Morgan fingerprint density at radius 2 is 1.61 bits per heavy atom. The van der Waals surface area contributed by atoms with Gasteiger partial charge in [0.1, 0.15) is 22.1 Å². The van der Waals surface area contributed by atoms with Crippen LogP contribution in [0.4, 0.5) is 17.1 Å². The standard InChI is InChI=1S/C20H13N3O7S/c24-17-3-1-2-11-4-5-12(8-15(11)17)21-22-20-14-7-6-13(23(26)27)9-16(14)19(10-18(20)25)31(28,29)30/h1-10,24-25H,(H,28,29,30). The molecule has 0 unspecified atom stereocenters. The van der Waals surface area contributed by atoms with E-state index in [4.69, 9.17) is 0 Å². The molecule has 0 spiro atoms. The lowest BCUT2D eigenvalue weighted by atomic mass is 10.1. The van der Waals surface area contributed by atoms with E-state index in [1.54, 1.807) is 30.3 Å². The first-order chi connectivity index (χ1) is 14.6. The lowest BCUT2D eigenvalue weighted by molar-refractivity contribution is -0.384. The predicted octanol–water partition coefficient (Wildman–Crippen LogP) is 4.97. The van der Waals surface area contributed by atoms with Crippen LogP contribution in [0.25, 0.3) is 21.5 Å². The molecule has 0 radical (unpaired) electrons. The van der Waals surface area contributed by atoms with E-state index in [2.05, 4.69) is 10.2 Å². The van der Waals surface area contributed by atoms with Gasteiger partial charge in [-0.05, 0) is 29.7 Å². The van der Waals surface area contributed by atoms with Crippen molar-refractivity contribution < 1.29 is 28.1 Å². The molecule has 0 bridgehead atoms. The molecule has 0 saturated heterocycles. The summed E-state index contributed by atoms with van der Waals surface area (Å²) in [5.41, 5.74) is -0.215. The monoisotopic (exact) mass is 439 g/mol. The molecular weight excluding hydrogens is 426 g/mol. The lowest BCUT2D eigenvalue weighted by Gasteiger charge is -2.09. The summed E-state index contributed by atoms with van der Waals surface area (Å²) in [6.07, 6.45) is 0. The summed E-state index contributed by atoms with van der Waals surface area (Å²) < 4.78 is 32.9. The molecule has 4 rings (SSSR count). The molecule has 0 heterocycles. The summed E-state index contributed by atoms with van der Waals surface area (Å²) in [6, 6.07) is 14.0. The van der Waals surface area contributed by atoms with E-state index in [0.717, 1.165) is 23.6 Å². The first-order valence-corrected chi connectivity index (χ1v) is 10.1. The number of non-ortho nitro benzene ring substituents is 1. The summed E-state index contributed by atoms with van der Waals surface area (Å²) in [4.78, 5) is 9.67. The third-order valence-electron chi connectivity index (χ3n) is 4.63. The van der Waals surface area contributed by atoms with Gasteiger partial charge in [-0.1, -0.05) is 18.2 Å². The van der Waals surface area contributed by atoms with E-state index < -0.39 is 31.4 Å². The highest BCUT2D eigenvalue weighted by atomic mass is 32.2. The minimum absolute atomic E-state index is 0.0330. The summed E-state index contributed by atoms with van der Waals surface area (Å²) >= 11 is 0. The Morgan fingerprint density at radius 1 is 0.839 bits per heavy atom. The number of nitro groups is 1. The van der Waals surface area contributed by atoms with Crippen LogP contribution in [0.5, 0.6) is 11.5 Å². The van der Waals surface area contributed by atoms with E-state index in [1.165, 1.54) is 12.1 Å². The summed E-state index contributed by atoms with van der Waals surface area (Å²) in [7, 11) is -4.79. The predicted molar refractivity (Wildman–Crippen MR) is 112 cm³/mol. The number of rotatable bonds is 4. The minimum Gasteiger partial charge on any atom is -0.507 e. The summed E-state index contributed by atoms with van der Waals surface area (Å²) in [6.45, 7) is 0. The summed E-state index contributed by atoms with van der Waals surface area (Å²) in [5, 5.41) is 40.6. The van der Waals surface area contributed by atoms with Crippen molar-refractivity contribution in [3.63, 3.8) is 0 Å². The van der Waals surface area contributed by atoms with Crippen LogP contribution in [0.2, 0.25) is 0 Å². The molecule has 0 amide bonds. The molecule has 0 aromatic heterocycles. The molecule has 0 aliphatic carbocycles. The van der Waals surface area contributed by atoms with Crippen LogP contribution in [0.1, 0.15) is 0 Å². The molecule has 11 heteroatoms. The van der Waals surface area contributed by atoms with Crippen molar-refractivity contribution >= 4 is 48.7 Å². The van der Waals surface area contributed by atoms with Gasteiger partial charge in [-0.25, -0.2) is 0 Å². The third-order valence-corrected chi connectivity index (χ3v) is 5.52. The number of aromatic hydroxyl groups is 2. The second-order valence-electron chi connectivity index (χ2n) is 6.59. The van der Waals surface area contributed by atoms with Crippen LogP contribution < -0.4 is 0 Å². The highest BCUT2D eigenvalue weighted by Crippen LogP contribution is 2.41. The van der Waals surface area contributed by atoms with Gasteiger partial charge in [0, 0.05) is 34.4 Å². The lowest BCUT2D eigenvalue weighted by Crippen LogP contribution is -2.00. The smallest absolute Gasteiger partial charge is 0.295 e. The second kappa shape index (κ2) is 7.31. The number of hydrogen-bond acceptors (Lipinski definition) is 8. The Labute approximate surface area is 174 Å². The Balaban J connectivity index is 1.91. The van der Waals surface area contributed by atoms with Gasteiger partial charge in [0.25, 0.3) is 15.8 Å². The van der Waals surface area contributed by atoms with E-state index in [0.29, 0.717) is 11.1 Å². The molecule has 10 nitrogen and oxygen atoms in total. The fourth-order valence-electron chi connectivity index (χ4n) is 3.20. The van der Waals surface area contributed by atoms with Gasteiger partial charge in [0.2, 0.25) is 0 Å². The van der Waals surface area contributed by atoms with E-state index in [-0.39, 0.29) is 22.2 Å². The van der Waals surface area contributed by atoms with Crippen molar-refractivity contribution in [1.82, 2.24) is 0 Å². The Hall–Kier alpha value is -4.09. The molecule has 0 aliphatic heterocycles. The Bertz CT molecular complexity index is 1510. The number of phenols is 2. The van der Waals surface area contributed by atoms with Gasteiger partial charge in [-0.2, -0.15) is 13.5 Å². The first kappa shape index (κ1) is 20.2. The average molecular weight is 439 g/mol. The minimum atomic E-state index is -4.79. The molecule has 4 aromatic rings. The number of benzene rings is 4.